The van der Waals surface area contributed by atoms with Crippen molar-refractivity contribution in [2.45, 2.75) is 52.8 Å². The molecule has 0 aromatic carbocycles. The molecule has 4 heteroatoms. The van der Waals surface area contributed by atoms with Gasteiger partial charge >= 0.3 is 0 Å². The van der Waals surface area contributed by atoms with Gasteiger partial charge in [0.25, 0.3) is 0 Å². The summed E-state index contributed by atoms with van der Waals surface area (Å²) in [5.41, 5.74) is 0.486. The van der Waals surface area contributed by atoms with Crippen LogP contribution in [0.5, 0.6) is 0 Å². The second kappa shape index (κ2) is 4.67. The molecule has 1 aliphatic rings. The van der Waals surface area contributed by atoms with Gasteiger partial charge in [0.2, 0.25) is 0 Å². The Labute approximate surface area is 110 Å². The van der Waals surface area contributed by atoms with Gasteiger partial charge in [-0.05, 0) is 26.3 Å². The number of likely N-dealkylation sites (tertiary alicyclic amines) is 1. The molecule has 1 fully saturated rings. The monoisotopic (exact) mass is 251 g/mol. The second-order valence-corrected chi connectivity index (χ2v) is 6.28. The Balaban J connectivity index is 2.00. The van der Waals surface area contributed by atoms with Crippen molar-refractivity contribution in [3.8, 4) is 0 Å². The lowest BCUT2D eigenvalue weighted by molar-refractivity contribution is -0.107. The van der Waals surface area contributed by atoms with Gasteiger partial charge in [0, 0.05) is 37.8 Å². The zero-order valence-electron chi connectivity index (χ0n) is 12.0. The number of hydrogen-bond donors (Lipinski definition) is 1. The molecule has 0 radical (unpaired) electrons. The maximum Gasteiger partial charge on any atom is 0.0764 e. The van der Waals surface area contributed by atoms with Gasteiger partial charge in [-0.2, -0.15) is 5.10 Å². The van der Waals surface area contributed by atoms with Crippen LogP contribution in [0, 0.1) is 5.41 Å². The molecule has 4 nitrogen and oxygen atoms in total. The quantitative estimate of drug-likeness (QED) is 0.892. The average Bonchev–Trinajstić information content (AvgIpc) is 2.71. The van der Waals surface area contributed by atoms with Gasteiger partial charge in [-0.3, -0.25) is 9.58 Å². The first kappa shape index (κ1) is 13.6. The number of nitrogens with zero attached hydrogens (tertiary/aromatic N) is 3. The van der Waals surface area contributed by atoms with E-state index < -0.39 is 5.60 Å². The number of piperidine rings is 1. The molecule has 2 rings (SSSR count). The van der Waals surface area contributed by atoms with Gasteiger partial charge in [0.05, 0.1) is 11.3 Å². The number of rotatable bonds is 3. The van der Waals surface area contributed by atoms with E-state index >= 15 is 0 Å². The Kier molecular flexibility index (Phi) is 3.52. The van der Waals surface area contributed by atoms with Gasteiger partial charge in [-0.15, -0.1) is 0 Å². The summed E-state index contributed by atoms with van der Waals surface area (Å²) in [5, 5.41) is 14.9. The number of aromatic nitrogens is 2. The van der Waals surface area contributed by atoms with E-state index in [0.29, 0.717) is 0 Å². The summed E-state index contributed by atoms with van der Waals surface area (Å²) in [4.78, 5) is 2.39. The molecule has 1 atom stereocenters. The van der Waals surface area contributed by atoms with Crippen LogP contribution in [0.25, 0.3) is 0 Å². The molecule has 18 heavy (non-hydrogen) atoms. The molecule has 0 bridgehead atoms. The van der Waals surface area contributed by atoms with Gasteiger partial charge in [-0.1, -0.05) is 13.8 Å². The second-order valence-electron chi connectivity index (χ2n) is 6.28. The smallest absolute Gasteiger partial charge is 0.0764 e. The fourth-order valence-corrected chi connectivity index (χ4v) is 2.55. The number of aliphatic hydroxyl groups is 1. The minimum atomic E-state index is -0.563. The van der Waals surface area contributed by atoms with E-state index in [4.69, 9.17) is 0 Å². The summed E-state index contributed by atoms with van der Waals surface area (Å²) in [6, 6.07) is 2.09. The third kappa shape index (κ3) is 2.59. The topological polar surface area (TPSA) is 41.3 Å². The number of aryl methyl sites for hydroxylation is 1. The van der Waals surface area contributed by atoms with E-state index in [-0.39, 0.29) is 5.41 Å². The molecule has 0 saturated carbocycles. The van der Waals surface area contributed by atoms with Gasteiger partial charge in [0.1, 0.15) is 0 Å². The van der Waals surface area contributed by atoms with E-state index in [1.807, 2.05) is 17.8 Å². The summed E-state index contributed by atoms with van der Waals surface area (Å²) >= 11 is 0. The van der Waals surface area contributed by atoms with E-state index in [0.717, 1.165) is 38.3 Å². The Bertz CT molecular complexity index is 409. The molecule has 1 aliphatic heterocycles. The molecule has 0 spiro atoms. The largest absolute Gasteiger partial charge is 0.390 e. The lowest BCUT2D eigenvalue weighted by atomic mass is 9.71. The van der Waals surface area contributed by atoms with E-state index in [1.54, 1.807) is 0 Å². The Hall–Kier alpha value is -0.870. The van der Waals surface area contributed by atoms with Crippen LogP contribution in [0.3, 0.4) is 0 Å². The highest BCUT2D eigenvalue weighted by Gasteiger charge is 2.43. The normalized spacial score (nSPS) is 28.5. The SMILES string of the molecule is CCn1ccc(CN2CC[C@](C)(O)C(C)(C)C2)n1. The van der Waals surface area contributed by atoms with Crippen LogP contribution in [0.1, 0.15) is 39.8 Å². The molecule has 2 heterocycles. The first-order valence-electron chi connectivity index (χ1n) is 6.81. The summed E-state index contributed by atoms with van der Waals surface area (Å²) in [6.45, 7) is 12.0. The molecule has 0 unspecified atom stereocenters. The van der Waals surface area contributed by atoms with Crippen molar-refractivity contribution in [3.63, 3.8) is 0 Å². The predicted molar refractivity (Wildman–Crippen MR) is 72.2 cm³/mol. The summed E-state index contributed by atoms with van der Waals surface area (Å²) in [6.07, 6.45) is 2.86. The zero-order valence-corrected chi connectivity index (χ0v) is 12.0. The minimum Gasteiger partial charge on any atom is -0.390 e. The molecule has 0 amide bonds. The predicted octanol–water partition coefficient (Wildman–Crippen LogP) is 1.89. The molecule has 0 aliphatic carbocycles. The number of hydrogen-bond acceptors (Lipinski definition) is 3. The van der Waals surface area contributed by atoms with E-state index in [2.05, 4.69) is 36.8 Å². The van der Waals surface area contributed by atoms with Gasteiger partial charge < -0.3 is 5.11 Å². The molecule has 1 saturated heterocycles. The van der Waals surface area contributed by atoms with Crippen molar-refractivity contribution in [3.05, 3.63) is 18.0 Å². The average molecular weight is 251 g/mol. The Morgan fingerprint density at radius 2 is 2.11 bits per heavy atom. The van der Waals surface area contributed by atoms with Crippen LogP contribution in [0.2, 0.25) is 0 Å². The van der Waals surface area contributed by atoms with Crippen LogP contribution in [-0.2, 0) is 13.1 Å². The maximum atomic E-state index is 10.4. The van der Waals surface area contributed by atoms with Crippen molar-refractivity contribution in [2.75, 3.05) is 13.1 Å². The van der Waals surface area contributed by atoms with Crippen LogP contribution in [0.15, 0.2) is 12.3 Å². The van der Waals surface area contributed by atoms with Gasteiger partial charge in [-0.25, -0.2) is 0 Å². The standard InChI is InChI=1S/C14H25N3O/c1-5-17-8-6-12(15-17)10-16-9-7-14(4,18)13(2,3)11-16/h6,8,18H,5,7,9-11H2,1-4H3/t14-/m0/s1. The molecule has 1 aromatic heterocycles. The highest BCUT2D eigenvalue weighted by molar-refractivity contribution is 5.02. The third-order valence-corrected chi connectivity index (χ3v) is 4.40. The molecule has 1 aromatic rings. The summed E-state index contributed by atoms with van der Waals surface area (Å²) < 4.78 is 1.96. The van der Waals surface area contributed by atoms with E-state index in [1.165, 1.54) is 0 Å². The first-order chi connectivity index (χ1) is 8.34. The highest BCUT2D eigenvalue weighted by atomic mass is 16.3. The summed E-state index contributed by atoms with van der Waals surface area (Å²) in [7, 11) is 0. The molecule has 1 N–H and O–H groups in total. The van der Waals surface area contributed by atoms with Crippen LogP contribution < -0.4 is 0 Å². The fourth-order valence-electron chi connectivity index (χ4n) is 2.55. The lowest BCUT2D eigenvalue weighted by Gasteiger charge is -2.48. The summed E-state index contributed by atoms with van der Waals surface area (Å²) in [5.74, 6) is 0. The zero-order chi connectivity index (χ0) is 13.4. The molecular formula is C14H25N3O. The van der Waals surface area contributed by atoms with Crippen molar-refractivity contribution < 1.29 is 5.11 Å². The first-order valence-corrected chi connectivity index (χ1v) is 6.81. The maximum absolute atomic E-state index is 10.4. The fraction of sp³-hybridized carbons (Fsp3) is 0.786. The van der Waals surface area contributed by atoms with Crippen molar-refractivity contribution in [1.29, 1.82) is 0 Å². The van der Waals surface area contributed by atoms with Crippen molar-refractivity contribution >= 4 is 0 Å². The molecule has 102 valence electrons. The minimum absolute atomic E-state index is 0.0709. The third-order valence-electron chi connectivity index (χ3n) is 4.40. The highest BCUT2D eigenvalue weighted by Crippen LogP contribution is 2.38. The van der Waals surface area contributed by atoms with E-state index in [9.17, 15) is 5.11 Å². The molecular weight excluding hydrogens is 226 g/mol. The Morgan fingerprint density at radius 1 is 1.39 bits per heavy atom. The lowest BCUT2D eigenvalue weighted by Crippen LogP contribution is -2.55. The van der Waals surface area contributed by atoms with Crippen LogP contribution in [0.4, 0.5) is 0 Å². The van der Waals surface area contributed by atoms with Gasteiger partial charge in [0.15, 0.2) is 0 Å². The Morgan fingerprint density at radius 3 is 2.67 bits per heavy atom. The van der Waals surface area contributed by atoms with Crippen LogP contribution in [-0.4, -0.2) is 38.5 Å². The van der Waals surface area contributed by atoms with Crippen LogP contribution >= 0.6 is 0 Å². The van der Waals surface area contributed by atoms with Crippen molar-refractivity contribution in [1.82, 2.24) is 14.7 Å². The van der Waals surface area contributed by atoms with Crippen molar-refractivity contribution in [2.24, 2.45) is 5.41 Å².